The highest BCUT2D eigenvalue weighted by Gasteiger charge is 2.19. The number of amides is 1. The highest BCUT2D eigenvalue weighted by atomic mass is 35.5. The average molecular weight is 384 g/mol. The Balaban J connectivity index is 2.32. The first kappa shape index (κ1) is 19.0. The second-order valence-corrected chi connectivity index (χ2v) is 6.06. The number of benzene rings is 2. The van der Waals surface area contributed by atoms with E-state index in [9.17, 15) is 14.9 Å². The molecule has 2 rings (SSSR count). The van der Waals surface area contributed by atoms with Crippen molar-refractivity contribution in [1.29, 1.82) is 0 Å². The van der Waals surface area contributed by atoms with Crippen LogP contribution in [0.1, 0.15) is 23.6 Å². The molecule has 0 aliphatic heterocycles. The molecule has 0 aliphatic rings. The molecule has 7 nitrogen and oxygen atoms in total. The van der Waals surface area contributed by atoms with Crippen molar-refractivity contribution in [3.63, 3.8) is 0 Å². The normalized spacial score (nSPS) is 11.8. The summed E-state index contributed by atoms with van der Waals surface area (Å²) in [7, 11) is 0. The van der Waals surface area contributed by atoms with Gasteiger partial charge in [-0.3, -0.25) is 14.9 Å². The van der Waals surface area contributed by atoms with E-state index in [1.165, 1.54) is 18.2 Å². The number of nitro benzene ring substituents is 1. The maximum absolute atomic E-state index is 11.1. The second kappa shape index (κ2) is 8.15. The second-order valence-electron chi connectivity index (χ2n) is 5.25. The summed E-state index contributed by atoms with van der Waals surface area (Å²) in [5.74, 6) is -0.338. The molecule has 132 valence electrons. The SMILES string of the molecule is NC(=O)CC(N)c1cc([N+](=O)[O-])ccc1OCc1c(Cl)cccc1Cl. The van der Waals surface area contributed by atoms with Crippen LogP contribution in [0.2, 0.25) is 10.0 Å². The van der Waals surface area contributed by atoms with E-state index >= 15 is 0 Å². The predicted molar refractivity (Wildman–Crippen MR) is 94.6 cm³/mol. The van der Waals surface area contributed by atoms with Crippen molar-refractivity contribution in [2.75, 3.05) is 0 Å². The molecule has 0 heterocycles. The van der Waals surface area contributed by atoms with Gasteiger partial charge in [-0.1, -0.05) is 29.3 Å². The summed E-state index contributed by atoms with van der Waals surface area (Å²) in [6.45, 7) is 0.0343. The van der Waals surface area contributed by atoms with Gasteiger partial charge in [0.15, 0.2) is 0 Å². The zero-order chi connectivity index (χ0) is 18.6. The monoisotopic (exact) mass is 383 g/mol. The highest BCUT2D eigenvalue weighted by Crippen LogP contribution is 2.32. The van der Waals surface area contributed by atoms with Gasteiger partial charge < -0.3 is 16.2 Å². The van der Waals surface area contributed by atoms with E-state index in [-0.39, 0.29) is 24.5 Å². The largest absolute Gasteiger partial charge is 0.488 e. The third kappa shape index (κ3) is 4.82. The number of hydrogen-bond donors (Lipinski definition) is 2. The Bertz CT molecular complexity index is 794. The molecule has 1 atom stereocenters. The lowest BCUT2D eigenvalue weighted by atomic mass is 10.0. The Morgan fingerprint density at radius 3 is 2.44 bits per heavy atom. The third-order valence-corrected chi connectivity index (χ3v) is 4.17. The van der Waals surface area contributed by atoms with Crippen LogP contribution in [0.5, 0.6) is 5.75 Å². The lowest BCUT2D eigenvalue weighted by molar-refractivity contribution is -0.385. The number of nitro groups is 1. The number of carbonyl (C=O) groups is 1. The molecule has 0 bridgehead atoms. The van der Waals surface area contributed by atoms with Crippen molar-refractivity contribution >= 4 is 34.8 Å². The quantitative estimate of drug-likeness (QED) is 0.560. The van der Waals surface area contributed by atoms with Gasteiger partial charge in [-0.25, -0.2) is 0 Å². The minimum Gasteiger partial charge on any atom is -0.488 e. The van der Waals surface area contributed by atoms with E-state index in [0.29, 0.717) is 21.2 Å². The summed E-state index contributed by atoms with van der Waals surface area (Å²) in [6.07, 6.45) is -0.176. The van der Waals surface area contributed by atoms with E-state index in [0.717, 1.165) is 0 Å². The van der Waals surface area contributed by atoms with Gasteiger partial charge in [0.05, 0.1) is 4.92 Å². The van der Waals surface area contributed by atoms with Crippen LogP contribution in [0, 0.1) is 10.1 Å². The Labute approximate surface area is 153 Å². The molecule has 0 aromatic heterocycles. The summed E-state index contributed by atoms with van der Waals surface area (Å²) < 4.78 is 5.70. The molecule has 0 spiro atoms. The number of primary amides is 1. The molecule has 2 aromatic rings. The van der Waals surface area contributed by atoms with Gasteiger partial charge in [0.1, 0.15) is 12.4 Å². The number of ether oxygens (including phenoxy) is 1. The van der Waals surface area contributed by atoms with E-state index in [4.69, 9.17) is 39.4 Å². The fourth-order valence-electron chi connectivity index (χ4n) is 2.22. The standard InChI is InChI=1S/C16H15Cl2N3O4/c17-12-2-1-3-13(18)11(12)8-25-15-5-4-9(21(23)24)6-10(15)14(19)7-16(20)22/h1-6,14H,7-8,19H2,(H2,20,22). The fourth-order valence-corrected chi connectivity index (χ4v) is 2.72. The molecular weight excluding hydrogens is 369 g/mol. The number of halogens is 2. The topological polar surface area (TPSA) is 121 Å². The first-order chi connectivity index (χ1) is 11.8. The highest BCUT2D eigenvalue weighted by molar-refractivity contribution is 6.35. The first-order valence-corrected chi connectivity index (χ1v) is 7.93. The van der Waals surface area contributed by atoms with Crippen LogP contribution in [0.3, 0.4) is 0 Å². The summed E-state index contributed by atoms with van der Waals surface area (Å²) in [4.78, 5) is 21.5. The molecular formula is C16H15Cl2N3O4. The molecule has 2 aromatic carbocycles. The molecule has 1 amide bonds. The van der Waals surface area contributed by atoms with Crippen LogP contribution in [0.15, 0.2) is 36.4 Å². The number of hydrogen-bond acceptors (Lipinski definition) is 5. The molecule has 25 heavy (non-hydrogen) atoms. The number of non-ortho nitro benzene ring substituents is 1. The van der Waals surface area contributed by atoms with Crippen molar-refractivity contribution in [3.05, 3.63) is 67.7 Å². The maximum Gasteiger partial charge on any atom is 0.270 e. The number of carbonyl (C=O) groups excluding carboxylic acids is 1. The minimum atomic E-state index is -0.839. The molecule has 0 aliphatic carbocycles. The molecule has 9 heteroatoms. The Hall–Kier alpha value is -2.35. The van der Waals surface area contributed by atoms with Crippen molar-refractivity contribution in [2.45, 2.75) is 19.1 Å². The first-order valence-electron chi connectivity index (χ1n) is 7.17. The molecule has 4 N–H and O–H groups in total. The molecule has 0 radical (unpaired) electrons. The van der Waals surface area contributed by atoms with Gasteiger partial charge in [0.25, 0.3) is 5.69 Å². The van der Waals surface area contributed by atoms with Crippen LogP contribution in [-0.4, -0.2) is 10.8 Å². The number of nitrogens with two attached hydrogens (primary N) is 2. The van der Waals surface area contributed by atoms with Crippen molar-refractivity contribution < 1.29 is 14.5 Å². The molecule has 0 saturated heterocycles. The zero-order valence-corrected chi connectivity index (χ0v) is 14.5. The Morgan fingerprint density at radius 1 is 1.24 bits per heavy atom. The number of nitrogens with zero attached hydrogens (tertiary/aromatic N) is 1. The Kier molecular flexibility index (Phi) is 6.19. The fraction of sp³-hybridized carbons (Fsp3) is 0.188. The summed E-state index contributed by atoms with van der Waals surface area (Å²) in [6, 6.07) is 8.16. The van der Waals surface area contributed by atoms with Gasteiger partial charge in [0, 0.05) is 45.8 Å². The smallest absolute Gasteiger partial charge is 0.270 e. The van der Waals surface area contributed by atoms with Crippen LogP contribution in [0.4, 0.5) is 5.69 Å². The van der Waals surface area contributed by atoms with Gasteiger partial charge in [-0.2, -0.15) is 0 Å². The van der Waals surface area contributed by atoms with Gasteiger partial charge >= 0.3 is 0 Å². The van der Waals surface area contributed by atoms with E-state index < -0.39 is 16.9 Å². The van der Waals surface area contributed by atoms with E-state index in [1.807, 2.05) is 0 Å². The van der Waals surface area contributed by atoms with E-state index in [1.54, 1.807) is 18.2 Å². The maximum atomic E-state index is 11.1. The van der Waals surface area contributed by atoms with Crippen LogP contribution >= 0.6 is 23.2 Å². The van der Waals surface area contributed by atoms with E-state index in [2.05, 4.69) is 0 Å². The Morgan fingerprint density at radius 2 is 1.88 bits per heavy atom. The lowest BCUT2D eigenvalue weighted by Gasteiger charge is -2.16. The van der Waals surface area contributed by atoms with Gasteiger partial charge in [0.2, 0.25) is 5.91 Å². The van der Waals surface area contributed by atoms with Gasteiger partial charge in [-0.05, 0) is 18.2 Å². The van der Waals surface area contributed by atoms with Crippen LogP contribution < -0.4 is 16.2 Å². The van der Waals surface area contributed by atoms with Gasteiger partial charge in [-0.15, -0.1) is 0 Å². The summed E-state index contributed by atoms with van der Waals surface area (Å²) in [5.41, 5.74) is 11.8. The van der Waals surface area contributed by atoms with Crippen molar-refractivity contribution in [1.82, 2.24) is 0 Å². The van der Waals surface area contributed by atoms with Crippen LogP contribution in [-0.2, 0) is 11.4 Å². The van der Waals surface area contributed by atoms with Crippen LogP contribution in [0.25, 0.3) is 0 Å². The minimum absolute atomic E-state index is 0.0343. The number of rotatable bonds is 7. The van der Waals surface area contributed by atoms with Crippen molar-refractivity contribution in [3.8, 4) is 5.75 Å². The molecule has 1 unspecified atom stereocenters. The summed E-state index contributed by atoms with van der Waals surface area (Å²) in [5, 5.41) is 11.8. The lowest BCUT2D eigenvalue weighted by Crippen LogP contribution is -2.21. The summed E-state index contributed by atoms with van der Waals surface area (Å²) >= 11 is 12.2. The molecule has 0 saturated carbocycles. The van der Waals surface area contributed by atoms with Crippen molar-refractivity contribution in [2.24, 2.45) is 11.5 Å². The molecule has 0 fully saturated rings. The third-order valence-electron chi connectivity index (χ3n) is 3.46. The predicted octanol–water partition coefficient (Wildman–Crippen LogP) is 3.36. The zero-order valence-electron chi connectivity index (χ0n) is 12.9. The average Bonchev–Trinajstić information content (AvgIpc) is 2.53.